The van der Waals surface area contributed by atoms with Gasteiger partial charge in [-0.3, -0.25) is 4.98 Å². The van der Waals surface area contributed by atoms with Crippen LogP contribution in [0.4, 0.5) is 0 Å². The quantitative estimate of drug-likeness (QED) is 0.536. The SMILES string of the molecule is CSc1nc(C2CC2)nc(C)c1-c1nc(-c2ccncc2)no1. The van der Waals surface area contributed by atoms with Gasteiger partial charge >= 0.3 is 0 Å². The van der Waals surface area contributed by atoms with Crippen LogP contribution in [0.3, 0.4) is 0 Å². The smallest absolute Gasteiger partial charge is 0.262 e. The highest BCUT2D eigenvalue weighted by atomic mass is 32.2. The fourth-order valence-electron chi connectivity index (χ4n) is 2.43. The van der Waals surface area contributed by atoms with Crippen LogP contribution in [-0.2, 0) is 0 Å². The minimum Gasteiger partial charge on any atom is -0.333 e. The molecule has 0 bridgehead atoms. The average Bonchev–Trinajstić information content (AvgIpc) is 3.33. The number of thioether (sulfide) groups is 1. The van der Waals surface area contributed by atoms with Gasteiger partial charge in [-0.2, -0.15) is 4.98 Å². The van der Waals surface area contributed by atoms with Crippen LogP contribution in [0, 0.1) is 6.92 Å². The highest BCUT2D eigenvalue weighted by Gasteiger charge is 2.29. The van der Waals surface area contributed by atoms with Gasteiger partial charge in [0.1, 0.15) is 10.9 Å². The number of nitrogens with zero attached hydrogens (tertiary/aromatic N) is 5. The van der Waals surface area contributed by atoms with Crippen LogP contribution in [0.2, 0.25) is 0 Å². The lowest BCUT2D eigenvalue weighted by Crippen LogP contribution is -2.01. The van der Waals surface area contributed by atoms with E-state index in [9.17, 15) is 0 Å². The molecule has 3 heterocycles. The largest absolute Gasteiger partial charge is 0.333 e. The lowest BCUT2D eigenvalue weighted by atomic mass is 10.2. The maximum Gasteiger partial charge on any atom is 0.262 e. The summed E-state index contributed by atoms with van der Waals surface area (Å²) in [7, 11) is 0. The van der Waals surface area contributed by atoms with E-state index in [0.717, 1.165) is 27.7 Å². The standard InChI is InChI=1S/C16H15N5OS/c1-9-12(16(23-2)20-13(18-9)10-3-4-10)15-19-14(21-22-15)11-5-7-17-8-6-11/h5-8,10H,3-4H2,1-2H3. The molecule has 0 amide bonds. The summed E-state index contributed by atoms with van der Waals surface area (Å²) in [5.74, 6) is 2.45. The number of aryl methyl sites for hydroxylation is 1. The monoisotopic (exact) mass is 325 g/mol. The van der Waals surface area contributed by atoms with Crippen LogP contribution in [0.15, 0.2) is 34.1 Å². The van der Waals surface area contributed by atoms with Crippen LogP contribution < -0.4 is 0 Å². The van der Waals surface area contributed by atoms with Gasteiger partial charge < -0.3 is 4.52 Å². The number of hydrogen-bond donors (Lipinski definition) is 0. The number of pyridine rings is 1. The predicted octanol–water partition coefficient (Wildman–Crippen LogP) is 3.50. The topological polar surface area (TPSA) is 77.6 Å². The average molecular weight is 325 g/mol. The van der Waals surface area contributed by atoms with Crippen molar-refractivity contribution in [1.29, 1.82) is 0 Å². The molecule has 0 aromatic carbocycles. The van der Waals surface area contributed by atoms with E-state index >= 15 is 0 Å². The second-order valence-corrected chi connectivity index (χ2v) is 6.28. The van der Waals surface area contributed by atoms with Gasteiger partial charge in [-0.25, -0.2) is 9.97 Å². The minimum atomic E-state index is 0.459. The zero-order valence-electron chi connectivity index (χ0n) is 12.9. The van der Waals surface area contributed by atoms with E-state index in [0.29, 0.717) is 17.6 Å². The molecule has 3 aromatic heterocycles. The van der Waals surface area contributed by atoms with Crippen molar-refractivity contribution in [3.8, 4) is 22.8 Å². The zero-order chi connectivity index (χ0) is 15.8. The highest BCUT2D eigenvalue weighted by Crippen LogP contribution is 2.40. The highest BCUT2D eigenvalue weighted by molar-refractivity contribution is 7.98. The molecule has 0 aliphatic heterocycles. The van der Waals surface area contributed by atoms with Crippen LogP contribution >= 0.6 is 11.8 Å². The normalized spacial score (nSPS) is 14.2. The number of rotatable bonds is 4. The fourth-order valence-corrected chi connectivity index (χ4v) is 3.05. The summed E-state index contributed by atoms with van der Waals surface area (Å²) in [6.07, 6.45) is 7.77. The molecule has 1 fully saturated rings. The van der Waals surface area contributed by atoms with Crippen molar-refractivity contribution in [1.82, 2.24) is 25.1 Å². The Labute approximate surface area is 137 Å². The Balaban J connectivity index is 1.77. The Kier molecular flexibility index (Phi) is 3.57. The maximum absolute atomic E-state index is 5.47. The first-order valence-electron chi connectivity index (χ1n) is 7.43. The van der Waals surface area contributed by atoms with Crippen molar-refractivity contribution in [2.24, 2.45) is 0 Å². The molecule has 1 aliphatic rings. The second-order valence-electron chi connectivity index (χ2n) is 5.48. The van der Waals surface area contributed by atoms with E-state index < -0.39 is 0 Å². The van der Waals surface area contributed by atoms with Crippen molar-refractivity contribution >= 4 is 11.8 Å². The van der Waals surface area contributed by atoms with E-state index in [1.165, 1.54) is 12.8 Å². The van der Waals surface area contributed by atoms with Gasteiger partial charge in [0.15, 0.2) is 0 Å². The molecule has 0 spiro atoms. The molecule has 116 valence electrons. The van der Waals surface area contributed by atoms with E-state index in [4.69, 9.17) is 4.52 Å². The molecule has 0 N–H and O–H groups in total. The van der Waals surface area contributed by atoms with Gasteiger partial charge in [-0.15, -0.1) is 11.8 Å². The van der Waals surface area contributed by atoms with Crippen molar-refractivity contribution in [3.63, 3.8) is 0 Å². The summed E-state index contributed by atoms with van der Waals surface area (Å²) < 4.78 is 5.47. The van der Waals surface area contributed by atoms with Gasteiger partial charge in [-0.1, -0.05) is 5.16 Å². The van der Waals surface area contributed by atoms with Crippen LogP contribution in [0.1, 0.15) is 30.3 Å². The molecular formula is C16H15N5OS. The molecule has 0 unspecified atom stereocenters. The van der Waals surface area contributed by atoms with Gasteiger partial charge in [0.05, 0.1) is 11.3 Å². The molecule has 4 rings (SSSR count). The molecule has 0 saturated heterocycles. The first-order chi connectivity index (χ1) is 11.3. The molecule has 6 nitrogen and oxygen atoms in total. The third-order valence-corrected chi connectivity index (χ3v) is 4.47. The summed E-state index contributed by atoms with van der Waals surface area (Å²) >= 11 is 1.58. The van der Waals surface area contributed by atoms with E-state index in [-0.39, 0.29) is 0 Å². The van der Waals surface area contributed by atoms with Gasteiger partial charge in [0, 0.05) is 23.9 Å². The molecule has 0 atom stereocenters. The first kappa shape index (κ1) is 14.3. The molecule has 23 heavy (non-hydrogen) atoms. The number of aromatic nitrogens is 5. The molecular weight excluding hydrogens is 310 g/mol. The molecule has 0 radical (unpaired) electrons. The van der Waals surface area contributed by atoms with Gasteiger partial charge in [0.2, 0.25) is 5.82 Å². The minimum absolute atomic E-state index is 0.459. The predicted molar refractivity (Wildman–Crippen MR) is 87.0 cm³/mol. The lowest BCUT2D eigenvalue weighted by Gasteiger charge is -2.08. The van der Waals surface area contributed by atoms with E-state index in [2.05, 4.69) is 25.1 Å². The Hall–Kier alpha value is -2.28. The third kappa shape index (κ3) is 2.72. The third-order valence-electron chi connectivity index (χ3n) is 3.79. The Morgan fingerprint density at radius 3 is 2.61 bits per heavy atom. The van der Waals surface area contributed by atoms with Crippen LogP contribution in [0.5, 0.6) is 0 Å². The summed E-state index contributed by atoms with van der Waals surface area (Å²) in [6.45, 7) is 1.97. The first-order valence-corrected chi connectivity index (χ1v) is 8.65. The summed E-state index contributed by atoms with van der Waals surface area (Å²) in [6, 6.07) is 3.70. The Morgan fingerprint density at radius 1 is 1.13 bits per heavy atom. The van der Waals surface area contributed by atoms with Crippen LogP contribution in [-0.4, -0.2) is 31.3 Å². The maximum atomic E-state index is 5.47. The summed E-state index contributed by atoms with van der Waals surface area (Å²) in [5, 5.41) is 4.96. The second kappa shape index (κ2) is 5.73. The summed E-state index contributed by atoms with van der Waals surface area (Å²) in [4.78, 5) is 17.8. The van der Waals surface area contributed by atoms with Crippen molar-refractivity contribution < 1.29 is 4.52 Å². The zero-order valence-corrected chi connectivity index (χ0v) is 13.7. The van der Waals surface area contributed by atoms with Gasteiger partial charge in [0.25, 0.3) is 5.89 Å². The van der Waals surface area contributed by atoms with Crippen molar-refractivity contribution in [2.45, 2.75) is 30.7 Å². The molecule has 1 aliphatic carbocycles. The Morgan fingerprint density at radius 2 is 1.91 bits per heavy atom. The number of hydrogen-bond acceptors (Lipinski definition) is 7. The fraction of sp³-hybridized carbons (Fsp3) is 0.312. The lowest BCUT2D eigenvalue weighted by molar-refractivity contribution is 0.430. The van der Waals surface area contributed by atoms with Crippen LogP contribution in [0.25, 0.3) is 22.8 Å². The van der Waals surface area contributed by atoms with Crippen molar-refractivity contribution in [3.05, 3.63) is 36.0 Å². The summed E-state index contributed by atoms with van der Waals surface area (Å²) in [5.41, 5.74) is 2.58. The molecule has 7 heteroatoms. The van der Waals surface area contributed by atoms with Gasteiger partial charge in [-0.05, 0) is 38.2 Å². The molecule has 3 aromatic rings. The van der Waals surface area contributed by atoms with Crippen molar-refractivity contribution in [2.75, 3.05) is 6.26 Å². The van der Waals surface area contributed by atoms with E-state index in [1.807, 2.05) is 25.3 Å². The van der Waals surface area contributed by atoms with E-state index in [1.54, 1.807) is 24.2 Å². The Bertz CT molecular complexity index is 845. The molecule has 1 saturated carbocycles.